The van der Waals surface area contributed by atoms with E-state index in [1.54, 1.807) is 18.2 Å². The van der Waals surface area contributed by atoms with Crippen LogP contribution in [-0.4, -0.2) is 36.9 Å². The summed E-state index contributed by atoms with van der Waals surface area (Å²) in [4.78, 5) is 26.5. The summed E-state index contributed by atoms with van der Waals surface area (Å²) >= 11 is 0.924. The minimum Gasteiger partial charge on any atom is -0.491 e. The van der Waals surface area contributed by atoms with Crippen LogP contribution in [0.5, 0.6) is 5.75 Å². The lowest BCUT2D eigenvalue weighted by atomic mass is 10.1. The standard InChI is InChI=1S/C22H23NO4S/c1-3-23(4-2)14-15-26-18-12-13-19-21(28-22(25)27-19)20(18)17(24)11-10-16-8-6-5-7-9-16/h5-13H,3-4,14-15H2,1-2H3/b11-10+. The molecule has 0 saturated carbocycles. The lowest BCUT2D eigenvalue weighted by Gasteiger charge is -2.18. The van der Waals surface area contributed by atoms with Gasteiger partial charge in [0.1, 0.15) is 12.4 Å². The SMILES string of the molecule is CCN(CC)CCOc1ccc2oc(=O)sc2c1C(=O)/C=C/c1ccccc1. The Bertz CT molecular complexity index is 1020. The van der Waals surface area contributed by atoms with Gasteiger partial charge in [-0.1, -0.05) is 61.6 Å². The van der Waals surface area contributed by atoms with Gasteiger partial charge in [-0.15, -0.1) is 0 Å². The molecule has 3 aromatic rings. The first-order valence-electron chi connectivity index (χ1n) is 9.31. The van der Waals surface area contributed by atoms with Crippen molar-refractivity contribution >= 4 is 33.5 Å². The second-order valence-electron chi connectivity index (χ2n) is 6.20. The number of rotatable bonds is 9. The molecule has 28 heavy (non-hydrogen) atoms. The molecule has 1 aromatic heterocycles. The lowest BCUT2D eigenvalue weighted by Crippen LogP contribution is -2.28. The van der Waals surface area contributed by atoms with E-state index in [2.05, 4.69) is 18.7 Å². The fraction of sp³-hybridized carbons (Fsp3) is 0.273. The van der Waals surface area contributed by atoms with Crippen molar-refractivity contribution < 1.29 is 13.9 Å². The summed E-state index contributed by atoms with van der Waals surface area (Å²) in [6, 6.07) is 13.0. The van der Waals surface area contributed by atoms with E-state index in [-0.39, 0.29) is 5.78 Å². The third-order valence-corrected chi connectivity index (χ3v) is 5.35. The van der Waals surface area contributed by atoms with Crippen molar-refractivity contribution in [1.29, 1.82) is 0 Å². The molecule has 0 radical (unpaired) electrons. The highest BCUT2D eigenvalue weighted by Gasteiger charge is 2.19. The van der Waals surface area contributed by atoms with E-state index < -0.39 is 4.94 Å². The van der Waals surface area contributed by atoms with Crippen LogP contribution in [0.15, 0.2) is 57.8 Å². The zero-order valence-corrected chi connectivity index (χ0v) is 16.8. The van der Waals surface area contributed by atoms with Gasteiger partial charge in [0.2, 0.25) is 0 Å². The molecule has 0 N–H and O–H groups in total. The minimum atomic E-state index is -0.434. The van der Waals surface area contributed by atoms with Crippen molar-refractivity contribution in [1.82, 2.24) is 4.90 Å². The maximum absolute atomic E-state index is 13.0. The van der Waals surface area contributed by atoms with Gasteiger partial charge in [0.05, 0.1) is 10.3 Å². The Morgan fingerprint density at radius 2 is 1.89 bits per heavy atom. The fourth-order valence-corrected chi connectivity index (χ4v) is 3.73. The number of ketones is 1. The molecule has 6 heteroatoms. The van der Waals surface area contributed by atoms with Crippen molar-refractivity contribution in [3.63, 3.8) is 0 Å². The quantitative estimate of drug-likeness (QED) is 0.394. The summed E-state index contributed by atoms with van der Waals surface area (Å²) in [5, 5.41) is 0. The largest absolute Gasteiger partial charge is 0.491 e. The number of hydrogen-bond donors (Lipinski definition) is 0. The highest BCUT2D eigenvalue weighted by Crippen LogP contribution is 2.31. The van der Waals surface area contributed by atoms with E-state index in [9.17, 15) is 9.59 Å². The number of carbonyl (C=O) groups is 1. The summed E-state index contributed by atoms with van der Waals surface area (Å²) in [6.45, 7) is 7.30. The van der Waals surface area contributed by atoms with Gasteiger partial charge in [-0.25, -0.2) is 4.79 Å². The Kier molecular flexibility index (Phi) is 6.79. The van der Waals surface area contributed by atoms with E-state index in [0.29, 0.717) is 28.2 Å². The van der Waals surface area contributed by atoms with Crippen LogP contribution in [-0.2, 0) is 0 Å². The van der Waals surface area contributed by atoms with Crippen LogP contribution in [0.3, 0.4) is 0 Å². The summed E-state index contributed by atoms with van der Waals surface area (Å²) in [6.07, 6.45) is 3.26. The number of ether oxygens (including phenoxy) is 1. The lowest BCUT2D eigenvalue weighted by molar-refractivity contribution is 0.104. The van der Waals surface area contributed by atoms with Crippen LogP contribution < -0.4 is 9.68 Å². The van der Waals surface area contributed by atoms with Gasteiger partial charge in [-0.3, -0.25) is 4.79 Å². The maximum Gasteiger partial charge on any atom is 0.396 e. The number of carbonyl (C=O) groups excluding carboxylic acids is 1. The molecular formula is C22H23NO4S. The zero-order valence-electron chi connectivity index (χ0n) is 16.0. The number of nitrogens with zero attached hydrogens (tertiary/aromatic N) is 1. The minimum absolute atomic E-state index is 0.218. The molecule has 0 saturated heterocycles. The van der Waals surface area contributed by atoms with E-state index in [0.717, 1.165) is 36.5 Å². The normalized spacial score (nSPS) is 11.5. The molecule has 0 atom stereocenters. The molecule has 0 spiro atoms. The number of fused-ring (bicyclic) bond motifs is 1. The predicted molar refractivity (Wildman–Crippen MR) is 113 cm³/mol. The Morgan fingerprint density at radius 1 is 1.14 bits per heavy atom. The topological polar surface area (TPSA) is 59.8 Å². The molecule has 146 valence electrons. The van der Waals surface area contributed by atoms with Crippen molar-refractivity contribution in [3.05, 3.63) is 69.4 Å². The molecule has 5 nitrogen and oxygen atoms in total. The van der Waals surface area contributed by atoms with Crippen LogP contribution in [0.2, 0.25) is 0 Å². The second-order valence-corrected chi connectivity index (χ2v) is 7.15. The van der Waals surface area contributed by atoms with E-state index in [1.807, 2.05) is 30.3 Å². The molecule has 0 fully saturated rings. The van der Waals surface area contributed by atoms with Crippen molar-refractivity contribution in [2.24, 2.45) is 0 Å². The number of hydrogen-bond acceptors (Lipinski definition) is 6. The molecule has 0 amide bonds. The van der Waals surface area contributed by atoms with Crippen molar-refractivity contribution in [2.45, 2.75) is 13.8 Å². The van der Waals surface area contributed by atoms with Crippen molar-refractivity contribution in [3.8, 4) is 5.75 Å². The Balaban J connectivity index is 1.90. The first-order chi connectivity index (χ1) is 13.6. The molecule has 0 bridgehead atoms. The third-order valence-electron chi connectivity index (χ3n) is 4.49. The van der Waals surface area contributed by atoms with Gasteiger partial charge >= 0.3 is 4.94 Å². The molecule has 0 aliphatic carbocycles. The van der Waals surface area contributed by atoms with Crippen LogP contribution in [0.1, 0.15) is 29.8 Å². The van der Waals surface area contributed by atoms with Crippen LogP contribution >= 0.6 is 11.3 Å². The average Bonchev–Trinajstić information content (AvgIpc) is 3.10. The Hall–Kier alpha value is -2.70. The number of benzene rings is 2. The first-order valence-corrected chi connectivity index (χ1v) is 10.1. The van der Waals surface area contributed by atoms with Gasteiger partial charge in [-0.2, -0.15) is 0 Å². The van der Waals surface area contributed by atoms with Gasteiger partial charge in [-0.05, 0) is 36.9 Å². The molecule has 1 heterocycles. The smallest absolute Gasteiger partial charge is 0.396 e. The van der Waals surface area contributed by atoms with E-state index in [1.165, 1.54) is 6.08 Å². The molecular weight excluding hydrogens is 374 g/mol. The highest BCUT2D eigenvalue weighted by atomic mass is 32.1. The summed E-state index contributed by atoms with van der Waals surface area (Å²) in [7, 11) is 0. The third kappa shape index (κ3) is 4.77. The number of likely N-dealkylation sites (N-methyl/N-ethyl adjacent to an activating group) is 1. The van der Waals surface area contributed by atoms with Gasteiger partial charge in [0.25, 0.3) is 0 Å². The highest BCUT2D eigenvalue weighted by molar-refractivity contribution is 7.16. The fourth-order valence-electron chi connectivity index (χ4n) is 2.92. The molecule has 3 rings (SSSR count). The first kappa shape index (κ1) is 20.0. The predicted octanol–water partition coefficient (Wildman–Crippen LogP) is 4.47. The van der Waals surface area contributed by atoms with Crippen LogP contribution in [0, 0.1) is 0 Å². The van der Waals surface area contributed by atoms with Crippen molar-refractivity contribution in [2.75, 3.05) is 26.2 Å². The average molecular weight is 397 g/mol. The van der Waals surface area contributed by atoms with Gasteiger partial charge < -0.3 is 14.1 Å². The van der Waals surface area contributed by atoms with E-state index in [4.69, 9.17) is 9.15 Å². The molecule has 2 aromatic carbocycles. The van der Waals surface area contributed by atoms with Crippen LogP contribution in [0.25, 0.3) is 16.4 Å². The Morgan fingerprint density at radius 3 is 2.61 bits per heavy atom. The molecule has 0 aliphatic rings. The monoisotopic (exact) mass is 397 g/mol. The zero-order chi connectivity index (χ0) is 19.9. The van der Waals surface area contributed by atoms with Crippen LogP contribution in [0.4, 0.5) is 0 Å². The number of allylic oxidation sites excluding steroid dienone is 1. The van der Waals surface area contributed by atoms with E-state index >= 15 is 0 Å². The molecule has 0 unspecified atom stereocenters. The molecule has 0 aliphatic heterocycles. The second kappa shape index (κ2) is 9.48. The summed E-state index contributed by atoms with van der Waals surface area (Å²) in [5.41, 5.74) is 1.70. The maximum atomic E-state index is 13.0. The summed E-state index contributed by atoms with van der Waals surface area (Å²) in [5.74, 6) is 0.253. The van der Waals surface area contributed by atoms with Gasteiger partial charge in [0, 0.05) is 6.54 Å². The Labute approximate surface area is 167 Å². The van der Waals surface area contributed by atoms with Gasteiger partial charge in [0.15, 0.2) is 11.4 Å². The summed E-state index contributed by atoms with van der Waals surface area (Å²) < 4.78 is 11.6.